The molecular weight excluding hydrogens is 316 g/mol. The van der Waals surface area contributed by atoms with Crippen LogP contribution < -0.4 is 0 Å². The highest BCUT2D eigenvalue weighted by molar-refractivity contribution is 9.10. The smallest absolute Gasteiger partial charge is 0.259 e. The Labute approximate surface area is 119 Å². The number of halogens is 3. The molecule has 1 aromatic rings. The molecule has 1 aromatic carbocycles. The summed E-state index contributed by atoms with van der Waals surface area (Å²) in [6, 6.07) is 2.25. The van der Waals surface area contributed by atoms with Gasteiger partial charge in [0.15, 0.2) is 0 Å². The van der Waals surface area contributed by atoms with Gasteiger partial charge in [0.2, 0.25) is 0 Å². The molecule has 19 heavy (non-hydrogen) atoms. The van der Waals surface area contributed by atoms with E-state index in [4.69, 9.17) is 0 Å². The third kappa shape index (κ3) is 3.14. The molecule has 0 aliphatic carbocycles. The minimum absolute atomic E-state index is 0.295. The molecule has 5 heteroatoms. The molecule has 0 spiro atoms. The van der Waals surface area contributed by atoms with Crippen LogP contribution in [0.5, 0.6) is 0 Å². The zero-order valence-electron chi connectivity index (χ0n) is 10.8. The van der Waals surface area contributed by atoms with Gasteiger partial charge < -0.3 is 4.90 Å². The van der Waals surface area contributed by atoms with Gasteiger partial charge >= 0.3 is 0 Å². The van der Waals surface area contributed by atoms with E-state index in [1.165, 1.54) is 0 Å². The Hall–Kier alpha value is -0.970. The zero-order valence-corrected chi connectivity index (χ0v) is 12.3. The van der Waals surface area contributed by atoms with Crippen LogP contribution >= 0.6 is 15.9 Å². The van der Waals surface area contributed by atoms with E-state index in [0.29, 0.717) is 23.5 Å². The molecule has 1 unspecified atom stereocenters. The Balaban J connectivity index is 2.24. The van der Waals surface area contributed by atoms with E-state index in [0.717, 1.165) is 31.4 Å². The predicted octanol–water partition coefficient (Wildman–Crippen LogP) is 3.99. The molecule has 0 N–H and O–H groups in total. The molecule has 1 saturated heterocycles. The highest BCUT2D eigenvalue weighted by atomic mass is 79.9. The third-order valence-electron chi connectivity index (χ3n) is 3.60. The maximum atomic E-state index is 13.8. The van der Waals surface area contributed by atoms with Crippen LogP contribution in [-0.2, 0) is 0 Å². The van der Waals surface area contributed by atoms with E-state index in [1.54, 1.807) is 4.90 Å². The van der Waals surface area contributed by atoms with Crippen molar-refractivity contribution in [3.05, 3.63) is 33.8 Å². The Morgan fingerprint density at radius 3 is 2.63 bits per heavy atom. The summed E-state index contributed by atoms with van der Waals surface area (Å²) in [5.41, 5.74) is -0.444. The van der Waals surface area contributed by atoms with Gasteiger partial charge in [-0.2, -0.15) is 0 Å². The molecule has 1 amide bonds. The highest BCUT2D eigenvalue weighted by Gasteiger charge is 2.27. The van der Waals surface area contributed by atoms with Gasteiger partial charge in [-0.25, -0.2) is 8.78 Å². The summed E-state index contributed by atoms with van der Waals surface area (Å²) < 4.78 is 27.9. The molecule has 1 aliphatic heterocycles. The van der Waals surface area contributed by atoms with Crippen molar-refractivity contribution < 1.29 is 13.6 Å². The van der Waals surface area contributed by atoms with Crippen molar-refractivity contribution in [2.75, 3.05) is 13.1 Å². The number of nitrogens with zero attached hydrogens (tertiary/aromatic N) is 1. The first-order valence-electron chi connectivity index (χ1n) is 6.46. The van der Waals surface area contributed by atoms with E-state index >= 15 is 0 Å². The molecule has 104 valence electrons. The van der Waals surface area contributed by atoms with E-state index < -0.39 is 23.1 Å². The average Bonchev–Trinajstić information content (AvgIpc) is 2.37. The molecule has 1 atom stereocenters. The summed E-state index contributed by atoms with van der Waals surface area (Å²) >= 11 is 3.01. The summed E-state index contributed by atoms with van der Waals surface area (Å²) in [5, 5.41) is 0. The van der Waals surface area contributed by atoms with Crippen molar-refractivity contribution in [3.63, 3.8) is 0 Å². The lowest BCUT2D eigenvalue weighted by atomic mass is 9.95. The third-order valence-corrected chi connectivity index (χ3v) is 4.06. The van der Waals surface area contributed by atoms with Crippen LogP contribution in [0.4, 0.5) is 8.78 Å². The molecule has 1 aliphatic rings. The Bertz CT molecular complexity index is 469. The second-order valence-electron chi connectivity index (χ2n) is 4.91. The Morgan fingerprint density at radius 1 is 1.42 bits per heavy atom. The monoisotopic (exact) mass is 331 g/mol. The lowest BCUT2D eigenvalue weighted by molar-refractivity contribution is 0.0661. The molecule has 1 fully saturated rings. The van der Waals surface area contributed by atoms with Crippen LogP contribution in [0.2, 0.25) is 0 Å². The number of rotatable bonds is 2. The number of amides is 1. The minimum Gasteiger partial charge on any atom is -0.338 e. The van der Waals surface area contributed by atoms with Gasteiger partial charge in [-0.05, 0) is 30.9 Å². The van der Waals surface area contributed by atoms with Crippen molar-refractivity contribution in [1.29, 1.82) is 0 Å². The quantitative estimate of drug-likeness (QED) is 0.802. The second kappa shape index (κ2) is 5.99. The van der Waals surface area contributed by atoms with Crippen molar-refractivity contribution in [2.45, 2.75) is 26.2 Å². The summed E-state index contributed by atoms with van der Waals surface area (Å²) in [5.74, 6) is -1.73. The molecule has 2 rings (SSSR count). The Kier molecular flexibility index (Phi) is 4.55. The first kappa shape index (κ1) is 14.4. The largest absolute Gasteiger partial charge is 0.338 e. The fraction of sp³-hybridized carbons (Fsp3) is 0.500. The van der Waals surface area contributed by atoms with Gasteiger partial charge in [0.1, 0.15) is 17.2 Å². The van der Waals surface area contributed by atoms with Crippen LogP contribution in [0.15, 0.2) is 16.6 Å². The van der Waals surface area contributed by atoms with Gasteiger partial charge in [-0.15, -0.1) is 0 Å². The first-order chi connectivity index (χ1) is 9.02. The van der Waals surface area contributed by atoms with Gasteiger partial charge in [0, 0.05) is 17.6 Å². The maximum absolute atomic E-state index is 13.8. The van der Waals surface area contributed by atoms with Crippen molar-refractivity contribution in [3.8, 4) is 0 Å². The number of carbonyl (C=O) groups excluding carboxylic acids is 1. The van der Waals surface area contributed by atoms with Crippen LogP contribution in [0.3, 0.4) is 0 Å². The van der Waals surface area contributed by atoms with Crippen molar-refractivity contribution >= 4 is 21.8 Å². The van der Waals surface area contributed by atoms with E-state index in [2.05, 4.69) is 22.9 Å². The maximum Gasteiger partial charge on any atom is 0.259 e. The number of benzene rings is 1. The van der Waals surface area contributed by atoms with E-state index in [9.17, 15) is 13.6 Å². The normalized spacial score (nSPS) is 19.6. The van der Waals surface area contributed by atoms with E-state index in [-0.39, 0.29) is 0 Å². The highest BCUT2D eigenvalue weighted by Crippen LogP contribution is 2.24. The standard InChI is InChI=1S/C14H16BrF2NO/c1-2-9-4-3-5-18(8-9)14(19)13-11(16)6-10(15)7-12(13)17/h6-7,9H,2-5,8H2,1H3. The number of carbonyl (C=O) groups is 1. The van der Waals surface area contributed by atoms with Crippen LogP contribution in [0.1, 0.15) is 36.5 Å². The van der Waals surface area contributed by atoms with Gasteiger partial charge in [-0.1, -0.05) is 29.3 Å². The molecular formula is C14H16BrF2NO. The van der Waals surface area contributed by atoms with E-state index in [1.807, 2.05) is 0 Å². The number of piperidine rings is 1. The van der Waals surface area contributed by atoms with Crippen LogP contribution in [-0.4, -0.2) is 23.9 Å². The van der Waals surface area contributed by atoms with Crippen LogP contribution in [0, 0.1) is 17.6 Å². The summed E-state index contributed by atoms with van der Waals surface area (Å²) in [6.07, 6.45) is 2.95. The second-order valence-corrected chi connectivity index (χ2v) is 5.83. The predicted molar refractivity (Wildman–Crippen MR) is 73.0 cm³/mol. The van der Waals surface area contributed by atoms with Crippen LogP contribution in [0.25, 0.3) is 0 Å². The summed E-state index contributed by atoms with van der Waals surface area (Å²) in [6.45, 7) is 3.23. The SMILES string of the molecule is CCC1CCCN(C(=O)c2c(F)cc(Br)cc2F)C1. The number of hydrogen-bond donors (Lipinski definition) is 0. The zero-order chi connectivity index (χ0) is 14.0. The molecule has 1 heterocycles. The average molecular weight is 332 g/mol. The fourth-order valence-corrected chi connectivity index (χ4v) is 2.89. The molecule has 0 bridgehead atoms. The van der Waals surface area contributed by atoms with Crippen molar-refractivity contribution in [1.82, 2.24) is 4.90 Å². The molecule has 0 saturated carbocycles. The summed E-state index contributed by atoms with van der Waals surface area (Å²) in [7, 11) is 0. The molecule has 0 radical (unpaired) electrons. The summed E-state index contributed by atoms with van der Waals surface area (Å²) in [4.78, 5) is 13.8. The number of likely N-dealkylation sites (tertiary alicyclic amines) is 1. The van der Waals surface area contributed by atoms with Gasteiger partial charge in [0.05, 0.1) is 0 Å². The van der Waals surface area contributed by atoms with Gasteiger partial charge in [-0.3, -0.25) is 4.79 Å². The Morgan fingerprint density at radius 2 is 2.05 bits per heavy atom. The molecule has 0 aromatic heterocycles. The number of hydrogen-bond acceptors (Lipinski definition) is 1. The first-order valence-corrected chi connectivity index (χ1v) is 7.26. The van der Waals surface area contributed by atoms with Gasteiger partial charge in [0.25, 0.3) is 5.91 Å². The molecule has 2 nitrogen and oxygen atoms in total. The van der Waals surface area contributed by atoms with Crippen molar-refractivity contribution in [2.24, 2.45) is 5.92 Å². The fourth-order valence-electron chi connectivity index (χ4n) is 2.49. The minimum atomic E-state index is -0.810. The lowest BCUT2D eigenvalue weighted by Crippen LogP contribution is -2.40. The topological polar surface area (TPSA) is 20.3 Å². The lowest BCUT2D eigenvalue weighted by Gasteiger charge is -2.32.